The third kappa shape index (κ3) is 1.71. The molecule has 0 radical (unpaired) electrons. The van der Waals surface area contributed by atoms with Gasteiger partial charge < -0.3 is 10.2 Å². The van der Waals surface area contributed by atoms with Gasteiger partial charge in [0.25, 0.3) is 0 Å². The number of aldehydes is 1. The van der Waals surface area contributed by atoms with E-state index in [0.717, 1.165) is 12.7 Å². The first-order chi connectivity index (χ1) is 5.79. The maximum absolute atomic E-state index is 11.3. The van der Waals surface area contributed by atoms with Crippen molar-refractivity contribution in [1.29, 1.82) is 0 Å². The molecule has 66 valence electrons. The smallest absolute Gasteiger partial charge is 0.241 e. The van der Waals surface area contributed by atoms with Crippen molar-refractivity contribution in [2.24, 2.45) is 0 Å². The second-order valence-corrected chi connectivity index (χ2v) is 2.61. The van der Waals surface area contributed by atoms with Crippen LogP contribution < -0.4 is 5.32 Å². The Bertz CT molecular complexity index is 223. The molecule has 0 aromatic heterocycles. The van der Waals surface area contributed by atoms with Gasteiger partial charge in [-0.2, -0.15) is 0 Å². The Morgan fingerprint density at radius 3 is 3.17 bits per heavy atom. The molecule has 0 atom stereocenters. The van der Waals surface area contributed by atoms with Crippen LogP contribution in [0, 0.1) is 0 Å². The van der Waals surface area contributed by atoms with Crippen LogP contribution in [0.2, 0.25) is 0 Å². The Morgan fingerprint density at radius 2 is 2.58 bits per heavy atom. The molecule has 0 aliphatic carbocycles. The van der Waals surface area contributed by atoms with Crippen molar-refractivity contribution in [3.8, 4) is 0 Å². The predicted molar refractivity (Wildman–Crippen MR) is 44.4 cm³/mol. The molecular formula is C8H12N2O2. The van der Waals surface area contributed by atoms with Crippen LogP contribution in [0.3, 0.4) is 0 Å². The zero-order valence-electron chi connectivity index (χ0n) is 7.04. The van der Waals surface area contributed by atoms with Gasteiger partial charge >= 0.3 is 0 Å². The molecule has 0 spiro atoms. The first kappa shape index (κ1) is 8.93. The van der Waals surface area contributed by atoms with Gasteiger partial charge in [0.2, 0.25) is 5.91 Å². The maximum atomic E-state index is 11.3. The quantitative estimate of drug-likeness (QED) is 0.579. The number of allylic oxidation sites excluding steroid dienone is 1. The molecule has 0 aromatic rings. The van der Waals surface area contributed by atoms with Gasteiger partial charge in [-0.25, -0.2) is 0 Å². The molecule has 4 heteroatoms. The lowest BCUT2D eigenvalue weighted by molar-refractivity contribution is -0.129. The lowest BCUT2D eigenvalue weighted by Crippen LogP contribution is -2.35. The molecule has 1 aliphatic rings. The molecular weight excluding hydrogens is 156 g/mol. The molecule has 0 aromatic carbocycles. The monoisotopic (exact) mass is 168 g/mol. The van der Waals surface area contributed by atoms with E-state index in [1.807, 2.05) is 0 Å². The Morgan fingerprint density at radius 1 is 1.83 bits per heavy atom. The first-order valence-electron chi connectivity index (χ1n) is 3.90. The third-order valence-electron chi connectivity index (χ3n) is 1.77. The van der Waals surface area contributed by atoms with Crippen LogP contribution in [-0.4, -0.2) is 37.2 Å². The standard InChI is InChI=1S/C8H12N2O2/c1-9-5-8(12)10-4-2-3-7(10)6-11/h3,6,9H,2,4-5H2,1H3. The van der Waals surface area contributed by atoms with E-state index >= 15 is 0 Å². The number of hydrogen-bond donors (Lipinski definition) is 1. The average Bonchev–Trinajstić information content (AvgIpc) is 2.51. The van der Waals surface area contributed by atoms with Crippen LogP contribution in [-0.2, 0) is 9.59 Å². The molecule has 0 saturated carbocycles. The summed E-state index contributed by atoms with van der Waals surface area (Å²) < 4.78 is 0. The van der Waals surface area contributed by atoms with Crippen molar-refractivity contribution in [3.05, 3.63) is 11.8 Å². The first-order valence-corrected chi connectivity index (χ1v) is 3.90. The van der Waals surface area contributed by atoms with Crippen LogP contribution >= 0.6 is 0 Å². The number of carbonyl (C=O) groups is 2. The third-order valence-corrected chi connectivity index (χ3v) is 1.77. The van der Waals surface area contributed by atoms with Gasteiger partial charge in [0.1, 0.15) is 0 Å². The minimum absolute atomic E-state index is 0.0478. The molecule has 12 heavy (non-hydrogen) atoms. The molecule has 0 saturated heterocycles. The minimum Gasteiger partial charge on any atom is -0.311 e. The summed E-state index contributed by atoms with van der Waals surface area (Å²) in [5.74, 6) is -0.0478. The van der Waals surface area contributed by atoms with Gasteiger partial charge in [0.05, 0.1) is 12.2 Å². The van der Waals surface area contributed by atoms with Gasteiger partial charge in [-0.1, -0.05) is 6.08 Å². The molecule has 0 fully saturated rings. The number of nitrogens with one attached hydrogen (secondary N) is 1. The molecule has 1 aliphatic heterocycles. The van der Waals surface area contributed by atoms with Crippen LogP contribution in [0.1, 0.15) is 6.42 Å². The van der Waals surface area contributed by atoms with E-state index in [1.54, 1.807) is 13.1 Å². The molecule has 1 N–H and O–H groups in total. The van der Waals surface area contributed by atoms with E-state index in [2.05, 4.69) is 5.32 Å². The van der Waals surface area contributed by atoms with E-state index in [1.165, 1.54) is 4.90 Å². The topological polar surface area (TPSA) is 49.4 Å². The lowest BCUT2D eigenvalue weighted by Gasteiger charge is -2.16. The fourth-order valence-electron chi connectivity index (χ4n) is 1.21. The zero-order chi connectivity index (χ0) is 8.97. The Labute approximate surface area is 71.2 Å². The molecule has 0 bridgehead atoms. The Balaban J connectivity index is 2.57. The van der Waals surface area contributed by atoms with E-state index in [9.17, 15) is 9.59 Å². The van der Waals surface area contributed by atoms with Crippen molar-refractivity contribution in [2.45, 2.75) is 6.42 Å². The predicted octanol–water partition coefficient (Wildman–Crippen LogP) is -0.479. The summed E-state index contributed by atoms with van der Waals surface area (Å²) in [6.45, 7) is 0.916. The second-order valence-electron chi connectivity index (χ2n) is 2.61. The highest BCUT2D eigenvalue weighted by Gasteiger charge is 2.19. The lowest BCUT2D eigenvalue weighted by atomic mass is 10.4. The van der Waals surface area contributed by atoms with Crippen LogP contribution in [0.15, 0.2) is 11.8 Å². The van der Waals surface area contributed by atoms with Crippen LogP contribution in [0.5, 0.6) is 0 Å². The summed E-state index contributed by atoms with van der Waals surface area (Å²) in [6, 6.07) is 0. The van der Waals surface area contributed by atoms with Crippen molar-refractivity contribution < 1.29 is 9.59 Å². The van der Waals surface area contributed by atoms with Gasteiger partial charge in [0.15, 0.2) is 6.29 Å². The fraction of sp³-hybridized carbons (Fsp3) is 0.500. The number of carbonyl (C=O) groups excluding carboxylic acids is 2. The largest absolute Gasteiger partial charge is 0.311 e. The summed E-state index contributed by atoms with van der Waals surface area (Å²) in [5, 5.41) is 2.75. The van der Waals surface area contributed by atoms with E-state index in [4.69, 9.17) is 0 Å². The van der Waals surface area contributed by atoms with Crippen molar-refractivity contribution in [1.82, 2.24) is 10.2 Å². The zero-order valence-corrected chi connectivity index (χ0v) is 7.04. The normalized spacial score (nSPS) is 16.1. The van der Waals surface area contributed by atoms with Gasteiger partial charge in [0, 0.05) is 6.54 Å². The fourth-order valence-corrected chi connectivity index (χ4v) is 1.21. The SMILES string of the molecule is CNCC(=O)N1CCC=C1C=O. The average molecular weight is 168 g/mol. The minimum atomic E-state index is -0.0478. The Kier molecular flexibility index (Phi) is 2.99. The molecule has 0 unspecified atom stereocenters. The highest BCUT2D eigenvalue weighted by molar-refractivity contribution is 5.87. The summed E-state index contributed by atoms with van der Waals surface area (Å²) in [7, 11) is 1.71. The highest BCUT2D eigenvalue weighted by atomic mass is 16.2. The highest BCUT2D eigenvalue weighted by Crippen LogP contribution is 2.11. The van der Waals surface area contributed by atoms with Crippen molar-refractivity contribution in [3.63, 3.8) is 0 Å². The summed E-state index contributed by atoms with van der Waals surface area (Å²) in [6.07, 6.45) is 3.28. The van der Waals surface area contributed by atoms with Crippen LogP contribution in [0.4, 0.5) is 0 Å². The molecule has 1 rings (SSSR count). The van der Waals surface area contributed by atoms with Gasteiger partial charge in [-0.05, 0) is 13.5 Å². The van der Waals surface area contributed by atoms with E-state index < -0.39 is 0 Å². The summed E-state index contributed by atoms with van der Waals surface area (Å²) >= 11 is 0. The van der Waals surface area contributed by atoms with Crippen molar-refractivity contribution >= 4 is 12.2 Å². The van der Waals surface area contributed by atoms with Gasteiger partial charge in [-0.3, -0.25) is 9.59 Å². The number of hydrogen-bond acceptors (Lipinski definition) is 3. The summed E-state index contributed by atoms with van der Waals surface area (Å²) in [5.41, 5.74) is 0.496. The van der Waals surface area contributed by atoms with Gasteiger partial charge in [-0.15, -0.1) is 0 Å². The second kappa shape index (κ2) is 4.01. The maximum Gasteiger partial charge on any atom is 0.241 e. The molecule has 1 amide bonds. The number of likely N-dealkylation sites (N-methyl/N-ethyl adjacent to an activating group) is 1. The molecule has 4 nitrogen and oxygen atoms in total. The van der Waals surface area contributed by atoms with E-state index in [0.29, 0.717) is 12.2 Å². The number of nitrogens with zero attached hydrogens (tertiary/aromatic N) is 1. The van der Waals surface area contributed by atoms with E-state index in [-0.39, 0.29) is 12.5 Å². The summed E-state index contributed by atoms with van der Waals surface area (Å²) in [4.78, 5) is 23.2. The number of rotatable bonds is 3. The Hall–Kier alpha value is -1.16. The van der Waals surface area contributed by atoms with Crippen molar-refractivity contribution in [2.75, 3.05) is 20.1 Å². The van der Waals surface area contributed by atoms with Crippen LogP contribution in [0.25, 0.3) is 0 Å². The number of amides is 1. The molecule has 1 heterocycles.